The molecule has 1 aliphatic rings. The smallest absolute Gasteiger partial charge is 0.0858 e. The van der Waals surface area contributed by atoms with Crippen LogP contribution in [-0.2, 0) is 11.2 Å². The number of aromatic nitrogens is 2. The molecule has 5 heteroatoms. The Hall–Kier alpha value is -0.520. The molecule has 1 aromatic rings. The monoisotopic (exact) mass is 200 g/mol. The molecule has 2 rings (SSSR count). The number of aliphatic hydroxyl groups excluding tert-OH is 1. The Labute approximate surface area is 80.9 Å². The van der Waals surface area contributed by atoms with Gasteiger partial charge in [0.1, 0.15) is 0 Å². The van der Waals surface area contributed by atoms with Gasteiger partial charge in [-0.15, -0.1) is 0 Å². The van der Waals surface area contributed by atoms with E-state index in [1.165, 1.54) is 11.7 Å². The van der Waals surface area contributed by atoms with Gasteiger partial charge in [-0.1, -0.05) is 0 Å². The molecule has 13 heavy (non-hydrogen) atoms. The van der Waals surface area contributed by atoms with Crippen molar-refractivity contribution < 1.29 is 9.84 Å². The summed E-state index contributed by atoms with van der Waals surface area (Å²) in [4.78, 5) is 0. The predicted molar refractivity (Wildman–Crippen MR) is 48.6 cm³/mol. The van der Waals surface area contributed by atoms with Crippen molar-refractivity contribution >= 4 is 11.7 Å². The number of aliphatic hydroxyl groups is 1. The third-order valence-corrected chi connectivity index (χ3v) is 2.74. The van der Waals surface area contributed by atoms with Crippen LogP contribution in [0.25, 0.3) is 0 Å². The van der Waals surface area contributed by atoms with Crippen molar-refractivity contribution in [2.24, 2.45) is 0 Å². The summed E-state index contributed by atoms with van der Waals surface area (Å²) in [5.41, 5.74) is 0.855. The zero-order chi connectivity index (χ0) is 9.10. The zero-order valence-electron chi connectivity index (χ0n) is 7.22. The van der Waals surface area contributed by atoms with E-state index in [0.29, 0.717) is 6.42 Å². The van der Waals surface area contributed by atoms with E-state index >= 15 is 0 Å². The van der Waals surface area contributed by atoms with Gasteiger partial charge in [-0.05, 0) is 12.8 Å². The maximum atomic E-state index is 9.73. The normalized spacial score (nSPS) is 24.8. The average molecular weight is 200 g/mol. The van der Waals surface area contributed by atoms with Crippen LogP contribution in [0.15, 0.2) is 6.20 Å². The third-order valence-electron chi connectivity index (χ3n) is 2.22. The highest BCUT2D eigenvalue weighted by Gasteiger charge is 2.24. The van der Waals surface area contributed by atoms with Crippen molar-refractivity contribution in [1.29, 1.82) is 0 Å². The molecule has 4 nitrogen and oxygen atoms in total. The van der Waals surface area contributed by atoms with Crippen molar-refractivity contribution in [3.05, 3.63) is 11.9 Å². The van der Waals surface area contributed by atoms with Crippen LogP contribution < -0.4 is 0 Å². The molecule has 0 aliphatic carbocycles. The second-order valence-electron chi connectivity index (χ2n) is 3.22. The fraction of sp³-hybridized carbons (Fsp3) is 0.750. The highest BCUT2D eigenvalue weighted by molar-refractivity contribution is 6.99. The highest BCUT2D eigenvalue weighted by atomic mass is 32.1. The molecule has 0 saturated carbocycles. The third kappa shape index (κ3) is 2.24. The van der Waals surface area contributed by atoms with E-state index in [1.54, 1.807) is 6.20 Å². The van der Waals surface area contributed by atoms with E-state index in [4.69, 9.17) is 4.74 Å². The van der Waals surface area contributed by atoms with Crippen LogP contribution in [0.2, 0.25) is 0 Å². The molecule has 1 fully saturated rings. The average Bonchev–Trinajstić information content (AvgIpc) is 2.74. The van der Waals surface area contributed by atoms with Crippen LogP contribution in [0.4, 0.5) is 0 Å². The van der Waals surface area contributed by atoms with Crippen molar-refractivity contribution in [1.82, 2.24) is 8.75 Å². The molecule has 2 unspecified atom stereocenters. The summed E-state index contributed by atoms with van der Waals surface area (Å²) in [5.74, 6) is 0. The Morgan fingerprint density at radius 2 is 2.69 bits per heavy atom. The van der Waals surface area contributed by atoms with Gasteiger partial charge in [-0.3, -0.25) is 0 Å². The van der Waals surface area contributed by atoms with Gasteiger partial charge in [-0.25, -0.2) is 0 Å². The van der Waals surface area contributed by atoms with Crippen molar-refractivity contribution in [3.8, 4) is 0 Å². The van der Waals surface area contributed by atoms with Crippen LogP contribution in [0.5, 0.6) is 0 Å². The topological polar surface area (TPSA) is 55.2 Å². The molecule has 0 aromatic carbocycles. The van der Waals surface area contributed by atoms with Crippen molar-refractivity contribution in [2.45, 2.75) is 31.5 Å². The van der Waals surface area contributed by atoms with Crippen LogP contribution in [0, 0.1) is 0 Å². The zero-order valence-corrected chi connectivity index (χ0v) is 8.04. The number of hydrogen-bond acceptors (Lipinski definition) is 5. The van der Waals surface area contributed by atoms with Gasteiger partial charge in [0, 0.05) is 13.0 Å². The Balaban J connectivity index is 1.87. The predicted octanol–water partition coefficient (Wildman–Crippen LogP) is 0.620. The van der Waals surface area contributed by atoms with Crippen LogP contribution in [0.1, 0.15) is 18.5 Å². The first-order chi connectivity index (χ1) is 6.36. The molecule has 1 aliphatic heterocycles. The number of ether oxygens (including phenoxy) is 1. The Kier molecular flexibility index (Phi) is 2.87. The number of nitrogens with zero attached hydrogens (tertiary/aromatic N) is 2. The molecule has 2 atom stereocenters. The first-order valence-electron chi connectivity index (χ1n) is 4.42. The molecule has 1 saturated heterocycles. The van der Waals surface area contributed by atoms with Crippen LogP contribution in [0.3, 0.4) is 0 Å². The second kappa shape index (κ2) is 4.13. The van der Waals surface area contributed by atoms with Gasteiger partial charge >= 0.3 is 0 Å². The minimum absolute atomic E-state index is 0.00157. The fourth-order valence-corrected chi connectivity index (χ4v) is 1.97. The van der Waals surface area contributed by atoms with E-state index in [2.05, 4.69) is 8.75 Å². The van der Waals surface area contributed by atoms with E-state index in [9.17, 15) is 5.11 Å². The summed E-state index contributed by atoms with van der Waals surface area (Å²) >= 11 is 1.17. The fourth-order valence-electron chi connectivity index (χ4n) is 1.53. The Morgan fingerprint density at radius 3 is 3.31 bits per heavy atom. The van der Waals surface area contributed by atoms with Gasteiger partial charge in [0.05, 0.1) is 35.8 Å². The summed E-state index contributed by atoms with van der Waals surface area (Å²) < 4.78 is 13.3. The van der Waals surface area contributed by atoms with Crippen LogP contribution >= 0.6 is 11.7 Å². The quantitative estimate of drug-likeness (QED) is 0.777. The van der Waals surface area contributed by atoms with E-state index in [0.717, 1.165) is 25.1 Å². The lowest BCUT2D eigenvalue weighted by Crippen LogP contribution is -2.27. The molecular weight excluding hydrogens is 188 g/mol. The number of rotatable bonds is 3. The SMILES string of the molecule is OC(Cc1cnsn1)C1CCCO1. The molecule has 0 amide bonds. The van der Waals surface area contributed by atoms with E-state index < -0.39 is 6.10 Å². The van der Waals surface area contributed by atoms with Gasteiger partial charge < -0.3 is 9.84 Å². The maximum Gasteiger partial charge on any atom is 0.0858 e. The van der Waals surface area contributed by atoms with Crippen LogP contribution in [-0.4, -0.2) is 32.7 Å². The minimum atomic E-state index is -0.425. The number of hydrogen-bond donors (Lipinski definition) is 1. The molecule has 2 heterocycles. The van der Waals surface area contributed by atoms with E-state index in [-0.39, 0.29) is 6.10 Å². The molecule has 0 bridgehead atoms. The summed E-state index contributed by atoms with van der Waals surface area (Å²) in [7, 11) is 0. The van der Waals surface area contributed by atoms with Crippen molar-refractivity contribution in [2.75, 3.05) is 6.61 Å². The summed E-state index contributed by atoms with van der Waals surface area (Å²) in [6, 6.07) is 0. The summed E-state index contributed by atoms with van der Waals surface area (Å²) in [6.07, 6.45) is 3.84. The molecule has 72 valence electrons. The first-order valence-corrected chi connectivity index (χ1v) is 5.15. The standard InChI is InChI=1S/C8H12N2O2S/c11-7(8-2-1-3-12-8)4-6-5-9-13-10-6/h5,7-8,11H,1-4H2. The first kappa shape index (κ1) is 9.05. The molecular formula is C8H12N2O2S. The lowest BCUT2D eigenvalue weighted by Gasteiger charge is -2.15. The van der Waals surface area contributed by atoms with Gasteiger partial charge in [0.15, 0.2) is 0 Å². The molecule has 1 N–H and O–H groups in total. The molecule has 0 spiro atoms. The van der Waals surface area contributed by atoms with Gasteiger partial charge in [0.25, 0.3) is 0 Å². The lowest BCUT2D eigenvalue weighted by atomic mass is 10.1. The minimum Gasteiger partial charge on any atom is -0.390 e. The maximum absolute atomic E-state index is 9.73. The summed E-state index contributed by atoms with van der Waals surface area (Å²) in [6.45, 7) is 0.775. The Bertz CT molecular complexity index is 247. The highest BCUT2D eigenvalue weighted by Crippen LogP contribution is 2.17. The Morgan fingerprint density at radius 1 is 1.77 bits per heavy atom. The summed E-state index contributed by atoms with van der Waals surface area (Å²) in [5, 5.41) is 9.73. The second-order valence-corrected chi connectivity index (χ2v) is 3.78. The lowest BCUT2D eigenvalue weighted by molar-refractivity contribution is -0.00113. The van der Waals surface area contributed by atoms with E-state index in [1.807, 2.05) is 0 Å². The van der Waals surface area contributed by atoms with Gasteiger partial charge in [0.2, 0.25) is 0 Å². The molecule has 0 radical (unpaired) electrons. The molecule has 1 aromatic heterocycles. The van der Waals surface area contributed by atoms with Crippen molar-refractivity contribution in [3.63, 3.8) is 0 Å². The van der Waals surface area contributed by atoms with Gasteiger partial charge in [-0.2, -0.15) is 8.75 Å². The largest absolute Gasteiger partial charge is 0.390 e.